The minimum atomic E-state index is 0.0723. The van der Waals surface area contributed by atoms with Gasteiger partial charge in [-0.3, -0.25) is 4.79 Å². The highest BCUT2D eigenvalue weighted by Gasteiger charge is 2.15. The fourth-order valence-corrected chi connectivity index (χ4v) is 2.58. The SMILES string of the molecule is Cc1cnc(NC(=O)CCC2CCCN2)s1. The number of carbonyl (C=O) groups is 1. The summed E-state index contributed by atoms with van der Waals surface area (Å²) >= 11 is 1.52. The number of amides is 1. The Kier molecular flexibility index (Phi) is 3.90. The quantitative estimate of drug-likeness (QED) is 0.844. The molecule has 0 radical (unpaired) electrons. The molecule has 0 bridgehead atoms. The van der Waals surface area contributed by atoms with Gasteiger partial charge in [-0.2, -0.15) is 0 Å². The lowest BCUT2D eigenvalue weighted by Gasteiger charge is -2.08. The highest BCUT2D eigenvalue weighted by Crippen LogP contribution is 2.17. The largest absolute Gasteiger partial charge is 0.314 e. The van der Waals surface area contributed by atoms with Gasteiger partial charge in [-0.25, -0.2) is 4.98 Å². The van der Waals surface area contributed by atoms with E-state index in [9.17, 15) is 4.79 Å². The number of anilines is 1. The summed E-state index contributed by atoms with van der Waals surface area (Å²) in [6, 6.07) is 0.531. The molecule has 0 aliphatic carbocycles. The Morgan fingerprint density at radius 1 is 1.75 bits per heavy atom. The molecular weight excluding hydrogens is 222 g/mol. The number of carbonyl (C=O) groups excluding carboxylic acids is 1. The van der Waals surface area contributed by atoms with Gasteiger partial charge in [-0.15, -0.1) is 11.3 Å². The maximum absolute atomic E-state index is 11.6. The molecule has 16 heavy (non-hydrogen) atoms. The molecule has 1 aliphatic rings. The Hall–Kier alpha value is -0.940. The summed E-state index contributed by atoms with van der Waals surface area (Å²) in [5, 5.41) is 6.92. The van der Waals surface area contributed by atoms with Crippen LogP contribution < -0.4 is 10.6 Å². The topological polar surface area (TPSA) is 54.0 Å². The molecule has 1 amide bonds. The van der Waals surface area contributed by atoms with Crippen LogP contribution in [0, 0.1) is 6.92 Å². The van der Waals surface area contributed by atoms with Crippen LogP contribution in [0.5, 0.6) is 0 Å². The maximum atomic E-state index is 11.6. The van der Waals surface area contributed by atoms with Crippen molar-refractivity contribution in [3.63, 3.8) is 0 Å². The number of nitrogens with zero attached hydrogens (tertiary/aromatic N) is 1. The second-order valence-electron chi connectivity index (χ2n) is 4.16. The van der Waals surface area contributed by atoms with E-state index in [0.717, 1.165) is 17.8 Å². The maximum Gasteiger partial charge on any atom is 0.226 e. The molecule has 1 unspecified atom stereocenters. The molecule has 0 saturated carbocycles. The third-order valence-corrected chi connectivity index (χ3v) is 3.58. The number of aryl methyl sites for hydroxylation is 1. The standard InChI is InChI=1S/C11H17N3OS/c1-8-7-13-11(16-8)14-10(15)5-4-9-3-2-6-12-9/h7,9,12H,2-6H2,1H3,(H,13,14,15). The monoisotopic (exact) mass is 239 g/mol. The first-order chi connectivity index (χ1) is 7.74. The smallest absolute Gasteiger partial charge is 0.226 e. The van der Waals surface area contributed by atoms with Gasteiger partial charge in [0.1, 0.15) is 0 Å². The Bertz CT molecular complexity index is 358. The summed E-state index contributed by atoms with van der Waals surface area (Å²) < 4.78 is 0. The fraction of sp³-hybridized carbons (Fsp3) is 0.636. The summed E-state index contributed by atoms with van der Waals surface area (Å²) in [6.45, 7) is 3.08. The first-order valence-corrected chi connectivity index (χ1v) is 6.51. The van der Waals surface area contributed by atoms with Crippen molar-refractivity contribution in [3.8, 4) is 0 Å². The van der Waals surface area contributed by atoms with E-state index in [1.807, 2.05) is 6.92 Å². The number of rotatable bonds is 4. The van der Waals surface area contributed by atoms with Crippen LogP contribution in [-0.4, -0.2) is 23.5 Å². The molecule has 1 fully saturated rings. The van der Waals surface area contributed by atoms with Crippen molar-refractivity contribution in [1.82, 2.24) is 10.3 Å². The number of nitrogens with one attached hydrogen (secondary N) is 2. The predicted octanol–water partition coefficient (Wildman–Crippen LogP) is 1.92. The molecule has 1 saturated heterocycles. The van der Waals surface area contributed by atoms with E-state index in [1.54, 1.807) is 6.20 Å². The third-order valence-electron chi connectivity index (χ3n) is 2.75. The van der Waals surface area contributed by atoms with Crippen LogP contribution in [0.4, 0.5) is 5.13 Å². The molecule has 88 valence electrons. The highest BCUT2D eigenvalue weighted by atomic mass is 32.1. The second-order valence-corrected chi connectivity index (χ2v) is 5.39. The van der Waals surface area contributed by atoms with Gasteiger partial charge in [0.25, 0.3) is 0 Å². The van der Waals surface area contributed by atoms with Crippen molar-refractivity contribution < 1.29 is 4.79 Å². The van der Waals surface area contributed by atoms with Gasteiger partial charge in [0.05, 0.1) is 0 Å². The van der Waals surface area contributed by atoms with Gasteiger partial charge in [0.15, 0.2) is 5.13 Å². The van der Waals surface area contributed by atoms with Crippen molar-refractivity contribution in [2.45, 2.75) is 38.6 Å². The van der Waals surface area contributed by atoms with Gasteiger partial charge >= 0.3 is 0 Å². The van der Waals surface area contributed by atoms with Crippen LogP contribution in [0.25, 0.3) is 0 Å². The number of hydrogen-bond acceptors (Lipinski definition) is 4. The molecule has 0 aromatic carbocycles. The molecule has 5 heteroatoms. The summed E-state index contributed by atoms with van der Waals surface area (Å²) in [6.07, 6.45) is 5.72. The summed E-state index contributed by atoms with van der Waals surface area (Å²) in [5.41, 5.74) is 0. The van der Waals surface area contributed by atoms with Gasteiger partial charge in [-0.1, -0.05) is 0 Å². The van der Waals surface area contributed by atoms with E-state index >= 15 is 0 Å². The normalized spacial score (nSPS) is 19.9. The molecule has 1 aliphatic heterocycles. The zero-order valence-corrected chi connectivity index (χ0v) is 10.3. The van der Waals surface area contributed by atoms with Crippen molar-refractivity contribution in [2.24, 2.45) is 0 Å². The summed E-state index contributed by atoms with van der Waals surface area (Å²) in [7, 11) is 0. The van der Waals surface area contributed by atoms with E-state index in [0.29, 0.717) is 17.6 Å². The average molecular weight is 239 g/mol. The van der Waals surface area contributed by atoms with E-state index in [-0.39, 0.29) is 5.91 Å². The molecule has 1 atom stereocenters. The van der Waals surface area contributed by atoms with Gasteiger partial charge in [0.2, 0.25) is 5.91 Å². The number of hydrogen-bond donors (Lipinski definition) is 2. The summed E-state index contributed by atoms with van der Waals surface area (Å²) in [5.74, 6) is 0.0723. The van der Waals surface area contributed by atoms with Gasteiger partial charge < -0.3 is 10.6 Å². The molecule has 0 spiro atoms. The third kappa shape index (κ3) is 3.28. The molecule has 2 heterocycles. The first-order valence-electron chi connectivity index (χ1n) is 5.70. The van der Waals surface area contributed by atoms with Crippen molar-refractivity contribution in [1.29, 1.82) is 0 Å². The van der Waals surface area contributed by atoms with Crippen LogP contribution in [0.2, 0.25) is 0 Å². The zero-order valence-electron chi connectivity index (χ0n) is 9.45. The Morgan fingerprint density at radius 3 is 3.25 bits per heavy atom. The van der Waals surface area contributed by atoms with E-state index in [4.69, 9.17) is 0 Å². The minimum Gasteiger partial charge on any atom is -0.314 e. The van der Waals surface area contributed by atoms with Gasteiger partial charge in [-0.05, 0) is 32.7 Å². The fourth-order valence-electron chi connectivity index (χ4n) is 1.90. The van der Waals surface area contributed by atoms with Crippen molar-refractivity contribution in [3.05, 3.63) is 11.1 Å². The van der Waals surface area contributed by atoms with Gasteiger partial charge in [0, 0.05) is 23.5 Å². The summed E-state index contributed by atoms with van der Waals surface area (Å²) in [4.78, 5) is 16.8. The lowest BCUT2D eigenvalue weighted by atomic mass is 10.1. The molecule has 4 nitrogen and oxygen atoms in total. The molecule has 1 aromatic rings. The molecular formula is C11H17N3OS. The molecule has 2 rings (SSSR count). The highest BCUT2D eigenvalue weighted by molar-refractivity contribution is 7.15. The van der Waals surface area contributed by atoms with Crippen molar-refractivity contribution >= 4 is 22.4 Å². The van der Waals surface area contributed by atoms with E-state index in [2.05, 4.69) is 15.6 Å². The number of thiazole rings is 1. The van der Waals surface area contributed by atoms with E-state index in [1.165, 1.54) is 24.2 Å². The molecule has 2 N–H and O–H groups in total. The minimum absolute atomic E-state index is 0.0723. The van der Waals surface area contributed by atoms with Crippen LogP contribution in [-0.2, 0) is 4.79 Å². The Morgan fingerprint density at radius 2 is 2.62 bits per heavy atom. The van der Waals surface area contributed by atoms with Crippen LogP contribution in [0.1, 0.15) is 30.6 Å². The number of aromatic nitrogens is 1. The van der Waals surface area contributed by atoms with E-state index < -0.39 is 0 Å². The van der Waals surface area contributed by atoms with Crippen molar-refractivity contribution in [2.75, 3.05) is 11.9 Å². The first kappa shape index (κ1) is 11.5. The zero-order chi connectivity index (χ0) is 11.4. The second kappa shape index (κ2) is 5.41. The molecule has 1 aromatic heterocycles. The Balaban J connectivity index is 1.71. The predicted molar refractivity (Wildman–Crippen MR) is 65.7 cm³/mol. The van der Waals surface area contributed by atoms with Crippen LogP contribution in [0.3, 0.4) is 0 Å². The van der Waals surface area contributed by atoms with Crippen LogP contribution in [0.15, 0.2) is 6.20 Å². The lowest BCUT2D eigenvalue weighted by molar-refractivity contribution is -0.116. The Labute approximate surface area is 99.5 Å². The van der Waals surface area contributed by atoms with Crippen LogP contribution >= 0.6 is 11.3 Å². The average Bonchev–Trinajstić information content (AvgIpc) is 2.87. The lowest BCUT2D eigenvalue weighted by Crippen LogP contribution is -2.23.